The van der Waals surface area contributed by atoms with Crippen molar-refractivity contribution in [3.63, 3.8) is 0 Å². The first-order valence-corrected chi connectivity index (χ1v) is 19.8. The molecule has 0 spiro atoms. The highest BCUT2D eigenvalue weighted by molar-refractivity contribution is 7.80. The van der Waals surface area contributed by atoms with Gasteiger partial charge in [-0.05, 0) is 38.5 Å². The highest BCUT2D eigenvalue weighted by atomic mass is 32.3. The Balaban J connectivity index is 2.20. The summed E-state index contributed by atoms with van der Waals surface area (Å²) in [6.07, 6.45) is 18.8. The van der Waals surface area contributed by atoms with E-state index >= 15 is 0 Å². The molecule has 1 aliphatic heterocycles. The number of hydrogen-bond acceptors (Lipinski definition) is 11. The summed E-state index contributed by atoms with van der Waals surface area (Å²) in [6, 6.07) is 0. The van der Waals surface area contributed by atoms with Crippen molar-refractivity contribution in [2.24, 2.45) is 0 Å². The maximum absolute atomic E-state index is 12.1. The van der Waals surface area contributed by atoms with E-state index < -0.39 is 59.8 Å². The lowest BCUT2D eigenvalue weighted by Gasteiger charge is -2.41. The fourth-order valence-corrected chi connectivity index (χ4v) is 6.09. The molecule has 6 unspecified atom stereocenters. The topological polar surface area (TPSA) is 178 Å². The van der Waals surface area contributed by atoms with Gasteiger partial charge < -0.3 is 34.3 Å². The van der Waals surface area contributed by atoms with Gasteiger partial charge in [-0.2, -0.15) is 8.42 Å². The predicted octanol–water partition coefficient (Wildman–Crippen LogP) is 5.96. The Bertz CT molecular complexity index is 915. The molecule has 6 atom stereocenters. The number of hydrogen-bond donors (Lipinski definition) is 4. The van der Waals surface area contributed by atoms with Crippen LogP contribution in [0.2, 0.25) is 0 Å². The predicted molar refractivity (Wildman–Crippen MR) is 184 cm³/mol. The Labute approximate surface area is 289 Å². The van der Waals surface area contributed by atoms with E-state index in [-0.39, 0.29) is 19.6 Å². The SMILES string of the molecule is CCCCCCCC/C=C\CCCCCCCCCCCCOCC(COC1OC(CO)C(O)C(OS(=O)(=O)O)C1O)OC(=O)CCC. The number of unbranched alkanes of at least 4 members (excludes halogenated alkanes) is 16. The molecular formula is C35H66O12S. The van der Waals surface area contributed by atoms with Gasteiger partial charge in [0, 0.05) is 13.0 Å². The summed E-state index contributed by atoms with van der Waals surface area (Å²) in [5, 5.41) is 30.2. The maximum atomic E-state index is 12.1. The summed E-state index contributed by atoms with van der Waals surface area (Å²) < 4.78 is 57.9. The highest BCUT2D eigenvalue weighted by Gasteiger charge is 2.48. The Morgan fingerprint density at radius 1 is 0.771 bits per heavy atom. The Kier molecular flexibility index (Phi) is 26.7. The molecule has 0 saturated carbocycles. The number of rotatable bonds is 31. The first-order chi connectivity index (χ1) is 23.1. The third-order valence-electron chi connectivity index (χ3n) is 8.36. The van der Waals surface area contributed by atoms with Crippen LogP contribution in [-0.2, 0) is 38.3 Å². The number of allylic oxidation sites excluding steroid dienone is 2. The third-order valence-corrected chi connectivity index (χ3v) is 8.82. The molecule has 0 radical (unpaired) electrons. The zero-order valence-corrected chi connectivity index (χ0v) is 30.4. The van der Waals surface area contributed by atoms with Crippen molar-refractivity contribution >= 4 is 16.4 Å². The molecule has 0 aromatic rings. The molecule has 13 heteroatoms. The fraction of sp³-hybridized carbons (Fsp3) is 0.914. The second-order valence-electron chi connectivity index (χ2n) is 12.8. The minimum absolute atomic E-state index is 0.0319. The first kappa shape index (κ1) is 44.9. The van der Waals surface area contributed by atoms with Crippen LogP contribution in [0.25, 0.3) is 0 Å². The van der Waals surface area contributed by atoms with Crippen molar-refractivity contribution in [3.8, 4) is 0 Å². The zero-order valence-electron chi connectivity index (χ0n) is 29.6. The van der Waals surface area contributed by atoms with Gasteiger partial charge >= 0.3 is 16.4 Å². The largest absolute Gasteiger partial charge is 0.457 e. The quantitative estimate of drug-likeness (QED) is 0.0288. The second kappa shape index (κ2) is 28.5. The van der Waals surface area contributed by atoms with E-state index in [2.05, 4.69) is 23.3 Å². The van der Waals surface area contributed by atoms with Crippen LogP contribution in [0, 0.1) is 0 Å². The van der Waals surface area contributed by atoms with E-state index in [1.165, 1.54) is 96.3 Å². The van der Waals surface area contributed by atoms with Gasteiger partial charge in [-0.1, -0.05) is 109 Å². The summed E-state index contributed by atoms with van der Waals surface area (Å²) in [5.41, 5.74) is 0. The summed E-state index contributed by atoms with van der Waals surface area (Å²) in [6.45, 7) is 3.58. The lowest BCUT2D eigenvalue weighted by atomic mass is 9.99. The molecule has 1 aliphatic rings. The Morgan fingerprint density at radius 2 is 1.31 bits per heavy atom. The van der Waals surface area contributed by atoms with Gasteiger partial charge in [0.15, 0.2) is 6.29 Å². The average molecular weight is 711 g/mol. The average Bonchev–Trinajstić information content (AvgIpc) is 3.04. The van der Waals surface area contributed by atoms with E-state index in [1.54, 1.807) is 0 Å². The van der Waals surface area contributed by atoms with E-state index in [1.807, 2.05) is 6.92 Å². The monoisotopic (exact) mass is 710 g/mol. The lowest BCUT2D eigenvalue weighted by molar-refractivity contribution is -0.301. The Hall–Kier alpha value is -1.16. The Morgan fingerprint density at radius 3 is 1.83 bits per heavy atom. The van der Waals surface area contributed by atoms with Gasteiger partial charge in [-0.3, -0.25) is 9.35 Å². The molecule has 48 heavy (non-hydrogen) atoms. The molecule has 1 rings (SSSR count). The number of esters is 1. The van der Waals surface area contributed by atoms with Crippen molar-refractivity contribution in [1.82, 2.24) is 0 Å². The highest BCUT2D eigenvalue weighted by Crippen LogP contribution is 2.26. The second-order valence-corrected chi connectivity index (χ2v) is 13.9. The number of carbonyl (C=O) groups excluding carboxylic acids is 1. The van der Waals surface area contributed by atoms with Crippen LogP contribution < -0.4 is 0 Å². The molecule has 0 amide bonds. The van der Waals surface area contributed by atoms with Crippen LogP contribution in [0.3, 0.4) is 0 Å². The van der Waals surface area contributed by atoms with Crippen molar-refractivity contribution in [1.29, 1.82) is 0 Å². The first-order valence-electron chi connectivity index (χ1n) is 18.4. The number of aliphatic hydroxyl groups excluding tert-OH is 3. The fourth-order valence-electron chi connectivity index (χ4n) is 5.59. The van der Waals surface area contributed by atoms with Crippen molar-refractivity contribution in [2.75, 3.05) is 26.4 Å². The summed E-state index contributed by atoms with van der Waals surface area (Å²) in [4.78, 5) is 12.1. The molecule has 1 heterocycles. The molecule has 1 saturated heterocycles. The van der Waals surface area contributed by atoms with Crippen LogP contribution in [0.4, 0.5) is 0 Å². The number of ether oxygens (including phenoxy) is 4. The molecule has 4 N–H and O–H groups in total. The van der Waals surface area contributed by atoms with Gasteiger partial charge in [0.25, 0.3) is 0 Å². The maximum Gasteiger partial charge on any atom is 0.397 e. The van der Waals surface area contributed by atoms with E-state index in [9.17, 15) is 28.5 Å². The van der Waals surface area contributed by atoms with Crippen molar-refractivity contribution in [2.45, 2.75) is 179 Å². The van der Waals surface area contributed by atoms with E-state index in [4.69, 9.17) is 23.5 Å². The molecule has 0 aliphatic carbocycles. The zero-order chi connectivity index (χ0) is 35.5. The number of carbonyl (C=O) groups is 1. The molecule has 0 bridgehead atoms. The molecule has 0 aromatic heterocycles. The normalized spacial score (nSPS) is 22.3. The van der Waals surface area contributed by atoms with Gasteiger partial charge in [-0.25, -0.2) is 4.18 Å². The van der Waals surface area contributed by atoms with Gasteiger partial charge in [0.2, 0.25) is 0 Å². The molecule has 0 aromatic carbocycles. The summed E-state index contributed by atoms with van der Waals surface area (Å²) >= 11 is 0. The van der Waals surface area contributed by atoms with Gasteiger partial charge in [0.1, 0.15) is 30.5 Å². The van der Waals surface area contributed by atoms with Crippen LogP contribution >= 0.6 is 0 Å². The standard InChI is InChI=1S/C35H66O12S/c1-3-5-6-7-8-9-10-11-12-13-14-15-16-17-18-19-20-21-22-23-25-43-27-29(45-31(37)24-4-2)28-44-35-33(39)34(47-48(40,41)42)32(38)30(26-36)46-35/h11-12,29-30,32-36,38-39H,3-10,13-28H2,1-2H3,(H,40,41,42)/b12-11-. The lowest BCUT2D eigenvalue weighted by Crippen LogP contribution is -2.60. The summed E-state index contributed by atoms with van der Waals surface area (Å²) in [7, 11) is -5.04. The van der Waals surface area contributed by atoms with Crippen molar-refractivity contribution in [3.05, 3.63) is 12.2 Å². The van der Waals surface area contributed by atoms with Crippen LogP contribution in [0.15, 0.2) is 12.2 Å². The van der Waals surface area contributed by atoms with Gasteiger partial charge in [0.05, 0.1) is 19.8 Å². The molecule has 12 nitrogen and oxygen atoms in total. The van der Waals surface area contributed by atoms with Crippen LogP contribution in [0.5, 0.6) is 0 Å². The molecule has 1 fully saturated rings. The summed E-state index contributed by atoms with van der Waals surface area (Å²) in [5.74, 6) is -0.452. The third kappa shape index (κ3) is 22.5. The molecular weight excluding hydrogens is 644 g/mol. The van der Waals surface area contributed by atoms with Gasteiger partial charge in [-0.15, -0.1) is 0 Å². The van der Waals surface area contributed by atoms with E-state index in [0.29, 0.717) is 13.0 Å². The smallest absolute Gasteiger partial charge is 0.397 e. The van der Waals surface area contributed by atoms with Crippen molar-refractivity contribution < 1.29 is 56.2 Å². The van der Waals surface area contributed by atoms with E-state index in [0.717, 1.165) is 19.3 Å². The minimum atomic E-state index is -5.04. The number of aliphatic hydroxyl groups is 3. The van der Waals surface area contributed by atoms with Crippen LogP contribution in [-0.4, -0.2) is 97.5 Å². The molecule has 284 valence electrons. The minimum Gasteiger partial charge on any atom is -0.457 e. The van der Waals surface area contributed by atoms with Crippen LogP contribution in [0.1, 0.15) is 142 Å².